The van der Waals surface area contributed by atoms with E-state index in [0.29, 0.717) is 0 Å². The van der Waals surface area contributed by atoms with Gasteiger partial charge in [-0.15, -0.1) is 0 Å². The van der Waals surface area contributed by atoms with Crippen LogP contribution in [0.25, 0.3) is 33.4 Å². The molecule has 0 radical (unpaired) electrons. The van der Waals surface area contributed by atoms with E-state index in [1.807, 2.05) is 36.4 Å². The third-order valence-corrected chi connectivity index (χ3v) is 10.6. The van der Waals surface area contributed by atoms with Crippen LogP contribution in [0.1, 0.15) is 31.1 Å². The van der Waals surface area contributed by atoms with Crippen LogP contribution < -0.4 is 31.2 Å². The summed E-state index contributed by atoms with van der Waals surface area (Å²) in [4.78, 5) is 33.5. The van der Waals surface area contributed by atoms with Gasteiger partial charge in [0.25, 0.3) is 0 Å². The molecule has 0 amide bonds. The minimum absolute atomic E-state index is 0. The molecule has 6 aromatic carbocycles. The molecule has 0 saturated carbocycles. The van der Waals surface area contributed by atoms with Gasteiger partial charge < -0.3 is 49.7 Å². The molecule has 0 bridgehead atoms. The van der Waals surface area contributed by atoms with Crippen molar-refractivity contribution in [1.82, 2.24) is 0 Å². The summed E-state index contributed by atoms with van der Waals surface area (Å²) in [5.41, 5.74) is 5.95. The Morgan fingerprint density at radius 3 is 0.686 bits per heavy atom. The minimum Gasteiger partial charge on any atom is -0.545 e. The van der Waals surface area contributed by atoms with E-state index in [-0.39, 0.29) is 51.6 Å². The third-order valence-electron chi connectivity index (χ3n) is 7.88. The largest absolute Gasteiger partial charge is 3.00 e. The molecule has 0 atom stereocenters. The monoisotopic (exact) mass is 875 g/mol. The zero-order valence-electron chi connectivity index (χ0n) is 28.1. The average molecular weight is 875 g/mol. The molecule has 0 fully saturated rings. The molecule has 0 saturated heterocycles. The summed E-state index contributed by atoms with van der Waals surface area (Å²) in [6.45, 7) is 0. The van der Waals surface area contributed by atoms with Gasteiger partial charge in [0.15, 0.2) is 0 Å². The van der Waals surface area contributed by atoms with Crippen LogP contribution in [0.2, 0.25) is 0 Å². The summed E-state index contributed by atoms with van der Waals surface area (Å²) in [5, 5.41) is 43.9. The van der Waals surface area contributed by atoms with Crippen LogP contribution in [0.3, 0.4) is 0 Å². The fourth-order valence-corrected chi connectivity index (χ4v) is 7.88. The number of carboxylic acids is 3. The molecular formula is C42H35IrO7P-. The average Bonchev–Trinajstić information content (AvgIpc) is 3.13. The molecule has 9 heteroatoms. The molecule has 6 rings (SSSR count). The van der Waals surface area contributed by atoms with Crippen LogP contribution in [0, 0.1) is 14.9 Å². The number of benzene rings is 6. The molecule has 0 unspecified atom stereocenters. The van der Waals surface area contributed by atoms with E-state index in [1.165, 1.54) is 36.4 Å². The van der Waals surface area contributed by atoms with Gasteiger partial charge in [0.05, 0.1) is 25.8 Å². The standard InChI is InChI=1S/C39H27O6P.CH4O.2CH3.Ir/c40-37(41)31-7-1-25(2-8-31)28-13-19-34(20-14-28)46(35-21-15-29(16-22-35)26-3-9-32(10-4-26)38(42)43)36-23-17-30(18-24-36)27-5-11-33(12-6-27)39(44)45;1-2;;;/h1-24H,(H,40,41)(H,42,43)(H,44,45);2H,1H3;2*1H3;/q;;2*-1;+3/p-2. The van der Waals surface area contributed by atoms with Crippen LogP contribution in [-0.4, -0.2) is 30.1 Å². The smallest absolute Gasteiger partial charge is 0.545 e. The van der Waals surface area contributed by atoms with Crippen molar-refractivity contribution in [2.24, 2.45) is 0 Å². The Balaban J connectivity index is 0.00000177. The summed E-state index contributed by atoms with van der Waals surface area (Å²) >= 11 is 0. The van der Waals surface area contributed by atoms with Crippen molar-refractivity contribution in [1.29, 1.82) is 0 Å². The zero-order valence-corrected chi connectivity index (χ0v) is 31.5. The van der Waals surface area contributed by atoms with Crippen molar-refractivity contribution in [2.75, 3.05) is 7.11 Å². The van der Waals surface area contributed by atoms with Gasteiger partial charge in [-0.2, -0.15) is 0 Å². The number of carbonyl (C=O) groups excluding carboxylic acids is 3. The molecule has 0 aliphatic carbocycles. The Labute approximate surface area is 313 Å². The van der Waals surface area contributed by atoms with Gasteiger partial charge in [0.2, 0.25) is 0 Å². The number of carbonyl (C=O) groups is 3. The topological polar surface area (TPSA) is 141 Å². The first kappa shape index (κ1) is 41.9. The number of rotatable bonds is 9. The van der Waals surface area contributed by atoms with Gasteiger partial charge in [-0.25, -0.2) is 0 Å². The number of aromatic carboxylic acids is 3. The maximum absolute atomic E-state index is 11.2. The molecule has 0 aromatic heterocycles. The first-order chi connectivity index (χ1) is 23.3. The fourth-order valence-electron chi connectivity index (χ4n) is 5.38. The number of hydrogen-bond acceptors (Lipinski definition) is 7. The first-order valence-electron chi connectivity index (χ1n) is 14.9. The Hall–Kier alpha value is -5.23. The van der Waals surface area contributed by atoms with E-state index in [9.17, 15) is 29.7 Å². The molecular weight excluding hydrogens is 840 g/mol. The molecule has 0 heterocycles. The molecule has 260 valence electrons. The van der Waals surface area contributed by atoms with Crippen molar-refractivity contribution >= 4 is 41.7 Å². The summed E-state index contributed by atoms with van der Waals surface area (Å²) in [6, 6.07) is 44.7. The SMILES string of the molecule is CO.O=C([O-])c1ccc(-c2ccc([PH+](c3ccc(-c4ccc(C(=O)[O-])cc4)cc3)c3ccc(-c4ccc(C(=O)[O-])cc4)cc3)cc2)cc1.[CH3-].[CH3-].[Ir+3]. The summed E-state index contributed by atoms with van der Waals surface area (Å²) in [7, 11) is -0.482. The summed E-state index contributed by atoms with van der Waals surface area (Å²) in [5.74, 6) is -3.64. The zero-order chi connectivity index (χ0) is 34.2. The summed E-state index contributed by atoms with van der Waals surface area (Å²) in [6.07, 6.45) is 0. The van der Waals surface area contributed by atoms with E-state index in [1.54, 1.807) is 36.4 Å². The Kier molecular flexibility index (Phi) is 15.8. The van der Waals surface area contributed by atoms with Crippen LogP contribution in [0.5, 0.6) is 0 Å². The Bertz CT molecular complexity index is 1790. The molecule has 6 aromatic rings. The molecule has 1 N–H and O–H groups in total. The summed E-state index contributed by atoms with van der Waals surface area (Å²) < 4.78 is 0. The van der Waals surface area contributed by atoms with E-state index >= 15 is 0 Å². The van der Waals surface area contributed by atoms with Gasteiger partial charge in [0, 0.05) is 7.11 Å². The predicted molar refractivity (Wildman–Crippen MR) is 197 cm³/mol. The van der Waals surface area contributed by atoms with Crippen molar-refractivity contribution in [3.8, 4) is 33.4 Å². The number of aliphatic hydroxyl groups excluding tert-OH is 1. The quantitative estimate of drug-likeness (QED) is 0.172. The maximum Gasteiger partial charge on any atom is 3.00 e. The van der Waals surface area contributed by atoms with Crippen LogP contribution in [0.4, 0.5) is 0 Å². The van der Waals surface area contributed by atoms with E-state index in [0.717, 1.165) is 56.4 Å². The van der Waals surface area contributed by atoms with Crippen LogP contribution in [0.15, 0.2) is 146 Å². The van der Waals surface area contributed by atoms with Gasteiger partial charge in [-0.3, -0.25) is 0 Å². The van der Waals surface area contributed by atoms with Gasteiger partial charge in [0.1, 0.15) is 15.9 Å². The van der Waals surface area contributed by atoms with Crippen molar-refractivity contribution in [2.45, 2.75) is 0 Å². The second-order valence-corrected chi connectivity index (χ2v) is 13.2. The molecule has 0 aliphatic rings. The maximum atomic E-state index is 11.2. The molecule has 0 aliphatic heterocycles. The number of carboxylic acid groups (broad SMARTS) is 3. The second-order valence-electron chi connectivity index (χ2n) is 10.7. The van der Waals surface area contributed by atoms with Gasteiger partial charge in [-0.1, -0.05) is 109 Å². The van der Waals surface area contributed by atoms with E-state index in [2.05, 4.69) is 36.4 Å². The molecule has 51 heavy (non-hydrogen) atoms. The third kappa shape index (κ3) is 9.94. The first-order valence-corrected chi connectivity index (χ1v) is 16.4. The Morgan fingerprint density at radius 2 is 0.529 bits per heavy atom. The predicted octanol–water partition coefficient (Wildman–Crippen LogP) is 3.78. The van der Waals surface area contributed by atoms with Gasteiger partial charge in [-0.05, 0) is 86.5 Å². The minimum atomic E-state index is -1.48. The Morgan fingerprint density at radius 1 is 0.373 bits per heavy atom. The van der Waals surface area contributed by atoms with Crippen LogP contribution >= 0.6 is 7.92 Å². The normalized spacial score (nSPS) is 9.94. The van der Waals surface area contributed by atoms with Crippen molar-refractivity contribution in [3.63, 3.8) is 0 Å². The second kappa shape index (κ2) is 19.2. The number of hydrogen-bond donors (Lipinski definition) is 1. The van der Waals surface area contributed by atoms with E-state index in [4.69, 9.17) is 5.11 Å². The van der Waals surface area contributed by atoms with Crippen molar-refractivity contribution < 1.29 is 54.9 Å². The molecule has 0 spiro atoms. The molecule has 7 nitrogen and oxygen atoms in total. The van der Waals surface area contributed by atoms with Crippen LogP contribution in [-0.2, 0) is 20.1 Å². The number of aliphatic hydroxyl groups is 1. The van der Waals surface area contributed by atoms with E-state index < -0.39 is 25.8 Å². The van der Waals surface area contributed by atoms with Crippen molar-refractivity contribution in [3.05, 3.63) is 177 Å². The van der Waals surface area contributed by atoms with Gasteiger partial charge >= 0.3 is 20.1 Å². The fraction of sp³-hybridized carbons (Fsp3) is 0.0238.